The van der Waals surface area contributed by atoms with Crippen molar-refractivity contribution in [1.82, 2.24) is 9.71 Å². The average molecular weight is 410 g/mol. The Morgan fingerprint density at radius 1 is 1.19 bits per heavy atom. The van der Waals surface area contributed by atoms with Gasteiger partial charge in [0.05, 0.1) is 29.6 Å². The van der Waals surface area contributed by atoms with Gasteiger partial charge in [0.2, 0.25) is 10.0 Å². The van der Waals surface area contributed by atoms with Gasteiger partial charge >= 0.3 is 0 Å². The number of rotatable bonds is 8. The number of thiophene rings is 1. The van der Waals surface area contributed by atoms with E-state index in [1.165, 1.54) is 17.6 Å². The number of hydrogen-bond acceptors (Lipinski definition) is 7. The van der Waals surface area contributed by atoms with Crippen molar-refractivity contribution < 1.29 is 13.2 Å². The molecule has 26 heavy (non-hydrogen) atoms. The summed E-state index contributed by atoms with van der Waals surface area (Å²) in [6, 6.07) is 11.7. The number of aromatic nitrogens is 1. The van der Waals surface area contributed by atoms with Crippen LogP contribution in [0.3, 0.4) is 0 Å². The quantitative estimate of drug-likeness (QED) is 0.593. The lowest BCUT2D eigenvalue weighted by atomic mass is 10.3. The number of hydrogen-bond donors (Lipinski definition) is 2. The molecule has 3 rings (SSSR count). The summed E-state index contributed by atoms with van der Waals surface area (Å²) in [6.45, 7) is 0.399. The van der Waals surface area contributed by atoms with Gasteiger partial charge in [0, 0.05) is 16.8 Å². The highest BCUT2D eigenvalue weighted by atomic mass is 32.2. The third-order valence-electron chi connectivity index (χ3n) is 3.50. The summed E-state index contributed by atoms with van der Waals surface area (Å²) in [5, 5.41) is 6.07. The molecule has 3 aromatic rings. The van der Waals surface area contributed by atoms with Crippen LogP contribution in [0, 0.1) is 0 Å². The Morgan fingerprint density at radius 2 is 2.00 bits per heavy atom. The molecule has 0 radical (unpaired) electrons. The van der Waals surface area contributed by atoms with E-state index in [1.807, 2.05) is 41.8 Å². The molecule has 9 heteroatoms. The minimum absolute atomic E-state index is 0.399. The highest BCUT2D eigenvalue weighted by Gasteiger charge is 2.10. The largest absolute Gasteiger partial charge is 0.495 e. The Hall–Kier alpha value is -1.94. The van der Waals surface area contributed by atoms with Crippen molar-refractivity contribution in [2.24, 2.45) is 0 Å². The lowest BCUT2D eigenvalue weighted by Crippen LogP contribution is -2.23. The van der Waals surface area contributed by atoms with E-state index in [9.17, 15) is 8.42 Å². The Bertz CT molecular complexity index is 980. The van der Waals surface area contributed by atoms with Gasteiger partial charge in [0.1, 0.15) is 5.75 Å². The molecule has 0 unspecified atom stereocenters. The lowest BCUT2D eigenvalue weighted by molar-refractivity contribution is 0.417. The highest BCUT2D eigenvalue weighted by molar-refractivity contribution is 7.88. The van der Waals surface area contributed by atoms with E-state index in [0.29, 0.717) is 13.0 Å². The molecule has 0 atom stereocenters. The first kappa shape index (κ1) is 18.8. The van der Waals surface area contributed by atoms with Crippen molar-refractivity contribution in [2.75, 3.05) is 25.2 Å². The highest BCUT2D eigenvalue weighted by Crippen LogP contribution is 2.33. The smallest absolute Gasteiger partial charge is 0.208 e. The van der Waals surface area contributed by atoms with Crippen LogP contribution in [0.2, 0.25) is 0 Å². The van der Waals surface area contributed by atoms with E-state index >= 15 is 0 Å². The van der Waals surface area contributed by atoms with Crippen LogP contribution in [0.4, 0.5) is 10.8 Å². The summed E-state index contributed by atoms with van der Waals surface area (Å²) >= 11 is 3.15. The van der Waals surface area contributed by atoms with Crippen LogP contribution >= 0.6 is 22.7 Å². The van der Waals surface area contributed by atoms with E-state index in [1.54, 1.807) is 18.4 Å². The van der Waals surface area contributed by atoms with Crippen molar-refractivity contribution in [1.29, 1.82) is 0 Å². The van der Waals surface area contributed by atoms with Gasteiger partial charge in [-0.25, -0.2) is 18.1 Å². The van der Waals surface area contributed by atoms with Crippen LogP contribution in [-0.4, -0.2) is 33.3 Å². The molecule has 1 aromatic carbocycles. The molecular weight excluding hydrogens is 390 g/mol. The number of ether oxygens (including phenoxy) is 1. The topological polar surface area (TPSA) is 80.3 Å². The molecule has 2 aromatic heterocycles. The van der Waals surface area contributed by atoms with Crippen LogP contribution in [0.15, 0.2) is 41.8 Å². The summed E-state index contributed by atoms with van der Waals surface area (Å²) < 4.78 is 30.1. The van der Waals surface area contributed by atoms with Gasteiger partial charge in [-0.3, -0.25) is 0 Å². The summed E-state index contributed by atoms with van der Waals surface area (Å²) in [4.78, 5) is 6.81. The number of para-hydroxylation sites is 2. The van der Waals surface area contributed by atoms with Crippen molar-refractivity contribution in [3.05, 3.63) is 46.7 Å². The zero-order valence-electron chi connectivity index (χ0n) is 14.4. The van der Waals surface area contributed by atoms with E-state index in [2.05, 4.69) is 15.0 Å². The first-order chi connectivity index (χ1) is 12.4. The first-order valence-electron chi connectivity index (χ1n) is 7.84. The summed E-state index contributed by atoms with van der Waals surface area (Å²) in [7, 11) is -1.51. The molecule has 0 spiro atoms. The zero-order chi connectivity index (χ0) is 18.6. The van der Waals surface area contributed by atoms with Crippen LogP contribution in [0.25, 0.3) is 10.6 Å². The van der Waals surface area contributed by atoms with Gasteiger partial charge in [-0.05, 0) is 30.7 Å². The van der Waals surface area contributed by atoms with E-state index < -0.39 is 10.0 Å². The van der Waals surface area contributed by atoms with Crippen LogP contribution in [-0.2, 0) is 16.4 Å². The second-order valence-electron chi connectivity index (χ2n) is 5.55. The third kappa shape index (κ3) is 5.04. The van der Waals surface area contributed by atoms with E-state index in [0.717, 1.165) is 32.0 Å². The predicted molar refractivity (Wildman–Crippen MR) is 108 cm³/mol. The molecule has 138 valence electrons. The predicted octanol–water partition coefficient (Wildman–Crippen LogP) is 3.72. The molecular formula is C17H19N3O3S3. The monoisotopic (exact) mass is 409 g/mol. The Morgan fingerprint density at radius 3 is 2.77 bits per heavy atom. The normalized spacial score (nSPS) is 11.5. The van der Waals surface area contributed by atoms with Gasteiger partial charge in [0.25, 0.3) is 0 Å². The fraction of sp³-hybridized carbons (Fsp3) is 0.235. The molecule has 0 saturated heterocycles. The van der Waals surface area contributed by atoms with Crippen LogP contribution in [0.5, 0.6) is 5.75 Å². The van der Waals surface area contributed by atoms with Crippen molar-refractivity contribution >= 4 is 43.5 Å². The molecule has 0 fully saturated rings. The fourth-order valence-electron chi connectivity index (χ4n) is 2.32. The minimum Gasteiger partial charge on any atom is -0.495 e. The van der Waals surface area contributed by atoms with Gasteiger partial charge in [-0.1, -0.05) is 12.1 Å². The number of sulfonamides is 1. The van der Waals surface area contributed by atoms with Gasteiger partial charge < -0.3 is 10.1 Å². The Labute approximate surface area is 160 Å². The maximum absolute atomic E-state index is 11.1. The number of anilines is 2. The number of benzene rings is 1. The number of methoxy groups -OCH3 is 1. The summed E-state index contributed by atoms with van der Waals surface area (Å²) in [6.07, 6.45) is 1.83. The second kappa shape index (κ2) is 8.17. The number of thiazole rings is 1. The molecule has 2 heterocycles. The standard InChI is InChI=1S/C17H19N3O3S3/c1-23-15-6-4-3-5-13(15)19-17-20-14(11-24-17)16-8-7-12(25-16)9-10-18-26(2,21)22/h3-8,11,18H,9-10H2,1-2H3,(H,19,20). The Kier molecular flexibility index (Phi) is 5.92. The number of nitrogens with one attached hydrogen (secondary N) is 2. The molecule has 0 saturated carbocycles. The molecule has 0 aliphatic carbocycles. The van der Waals surface area contributed by atoms with E-state index in [-0.39, 0.29) is 0 Å². The molecule has 2 N–H and O–H groups in total. The molecule has 0 aliphatic rings. The second-order valence-corrected chi connectivity index (χ2v) is 9.41. The summed E-state index contributed by atoms with van der Waals surface area (Å²) in [5.74, 6) is 0.765. The van der Waals surface area contributed by atoms with E-state index in [4.69, 9.17) is 4.74 Å². The molecule has 0 bridgehead atoms. The summed E-state index contributed by atoms with van der Waals surface area (Å²) in [5.41, 5.74) is 1.77. The average Bonchev–Trinajstić information content (AvgIpc) is 3.23. The SMILES string of the molecule is COc1ccccc1Nc1nc(-c2ccc(CCNS(C)(=O)=O)s2)cs1. The zero-order valence-corrected chi connectivity index (χ0v) is 16.8. The van der Waals surface area contributed by atoms with Gasteiger partial charge in [-0.15, -0.1) is 22.7 Å². The third-order valence-corrected chi connectivity index (χ3v) is 6.16. The van der Waals surface area contributed by atoms with Crippen molar-refractivity contribution in [2.45, 2.75) is 6.42 Å². The molecule has 6 nitrogen and oxygen atoms in total. The van der Waals surface area contributed by atoms with Crippen molar-refractivity contribution in [3.63, 3.8) is 0 Å². The van der Waals surface area contributed by atoms with Crippen LogP contribution in [0.1, 0.15) is 4.88 Å². The Balaban J connectivity index is 1.66. The fourth-order valence-corrected chi connectivity index (χ4v) is 4.56. The number of nitrogens with zero attached hydrogens (tertiary/aromatic N) is 1. The molecule has 0 amide bonds. The maximum atomic E-state index is 11.1. The van der Waals surface area contributed by atoms with Gasteiger partial charge in [-0.2, -0.15) is 0 Å². The minimum atomic E-state index is -3.15. The van der Waals surface area contributed by atoms with Crippen LogP contribution < -0.4 is 14.8 Å². The molecule has 0 aliphatic heterocycles. The first-order valence-corrected chi connectivity index (χ1v) is 11.4. The van der Waals surface area contributed by atoms with Crippen molar-refractivity contribution in [3.8, 4) is 16.3 Å². The van der Waals surface area contributed by atoms with Gasteiger partial charge in [0.15, 0.2) is 5.13 Å². The maximum Gasteiger partial charge on any atom is 0.208 e. The lowest BCUT2D eigenvalue weighted by Gasteiger charge is -2.07.